The van der Waals surface area contributed by atoms with Crippen LogP contribution in [0.3, 0.4) is 0 Å². The molecule has 1 aromatic carbocycles. The summed E-state index contributed by atoms with van der Waals surface area (Å²) >= 11 is 0. The largest absolute Gasteiger partial charge is 0.379 e. The van der Waals surface area contributed by atoms with Crippen LogP contribution in [0.15, 0.2) is 54.1 Å². The molecule has 1 rings (SSSR count). The van der Waals surface area contributed by atoms with Crippen molar-refractivity contribution < 1.29 is 0 Å². The summed E-state index contributed by atoms with van der Waals surface area (Å²) in [4.78, 5) is 0. The number of allylic oxidation sites excluding steroid dienone is 3. The van der Waals surface area contributed by atoms with Crippen molar-refractivity contribution in [2.45, 2.75) is 40.7 Å². The zero-order chi connectivity index (χ0) is 13.6. The number of rotatable bonds is 4. The van der Waals surface area contributed by atoms with Crippen LogP contribution in [-0.2, 0) is 0 Å². The number of hydrogen-bond donors (Lipinski definition) is 1. The number of hydrogen-bond acceptors (Lipinski definition) is 1. The third-order valence-electron chi connectivity index (χ3n) is 2.91. The zero-order valence-corrected chi connectivity index (χ0v) is 12.2. The molecule has 18 heavy (non-hydrogen) atoms. The molecule has 0 aromatic heterocycles. The van der Waals surface area contributed by atoms with E-state index >= 15 is 0 Å². The van der Waals surface area contributed by atoms with Crippen LogP contribution in [0, 0.1) is 5.41 Å². The minimum absolute atomic E-state index is 0.206. The highest BCUT2D eigenvalue weighted by Crippen LogP contribution is 2.26. The van der Waals surface area contributed by atoms with Crippen LogP contribution in [0.25, 0.3) is 0 Å². The summed E-state index contributed by atoms with van der Waals surface area (Å²) in [6.07, 6.45) is 6.62. The first-order valence-corrected chi connectivity index (χ1v) is 6.60. The second kappa shape index (κ2) is 6.44. The zero-order valence-electron chi connectivity index (χ0n) is 12.2. The Kier molecular flexibility index (Phi) is 5.21. The number of anilines is 1. The van der Waals surface area contributed by atoms with Gasteiger partial charge in [-0.3, -0.25) is 0 Å². The third-order valence-corrected chi connectivity index (χ3v) is 2.91. The Bertz CT molecular complexity index is 407. The lowest BCUT2D eigenvalue weighted by Crippen LogP contribution is -2.13. The molecule has 0 saturated heterocycles. The standard InChI is InChI=1S/C17H25N/c1-6-15(17(3,4)5)13-12-14(2)18-16-10-8-7-9-11-16/h6-14,18H,1-5H3/b13-12-,15-6+. The van der Waals surface area contributed by atoms with Crippen LogP contribution in [0.5, 0.6) is 0 Å². The van der Waals surface area contributed by atoms with Gasteiger partial charge in [0, 0.05) is 11.7 Å². The average Bonchev–Trinajstić information content (AvgIpc) is 2.29. The predicted octanol–water partition coefficient (Wildman–Crippen LogP) is 5.04. The fraction of sp³-hybridized carbons (Fsp3) is 0.412. The fourth-order valence-electron chi connectivity index (χ4n) is 1.87. The second-order valence-corrected chi connectivity index (χ2v) is 5.65. The lowest BCUT2D eigenvalue weighted by atomic mass is 9.86. The first-order chi connectivity index (χ1) is 8.43. The van der Waals surface area contributed by atoms with E-state index in [0.29, 0.717) is 6.04 Å². The number of para-hydroxylation sites is 1. The molecule has 98 valence electrons. The second-order valence-electron chi connectivity index (χ2n) is 5.65. The van der Waals surface area contributed by atoms with Gasteiger partial charge in [-0.1, -0.05) is 57.2 Å². The Morgan fingerprint density at radius 1 is 1.17 bits per heavy atom. The highest BCUT2D eigenvalue weighted by molar-refractivity contribution is 5.44. The summed E-state index contributed by atoms with van der Waals surface area (Å²) in [6, 6.07) is 10.6. The van der Waals surface area contributed by atoms with Crippen molar-refractivity contribution in [3.63, 3.8) is 0 Å². The minimum atomic E-state index is 0.206. The van der Waals surface area contributed by atoms with Gasteiger partial charge in [0.1, 0.15) is 0 Å². The maximum atomic E-state index is 3.46. The minimum Gasteiger partial charge on any atom is -0.379 e. The molecular weight excluding hydrogens is 218 g/mol. The van der Waals surface area contributed by atoms with E-state index in [-0.39, 0.29) is 5.41 Å². The van der Waals surface area contributed by atoms with E-state index < -0.39 is 0 Å². The van der Waals surface area contributed by atoms with E-state index in [9.17, 15) is 0 Å². The van der Waals surface area contributed by atoms with Crippen molar-refractivity contribution in [3.05, 3.63) is 54.1 Å². The molecule has 0 aliphatic carbocycles. The molecule has 1 N–H and O–H groups in total. The van der Waals surface area contributed by atoms with Crippen molar-refractivity contribution in [3.8, 4) is 0 Å². The van der Waals surface area contributed by atoms with Crippen LogP contribution in [0.2, 0.25) is 0 Å². The number of nitrogens with one attached hydrogen (secondary N) is 1. The lowest BCUT2D eigenvalue weighted by molar-refractivity contribution is 0.516. The van der Waals surface area contributed by atoms with Gasteiger partial charge >= 0.3 is 0 Å². The SMILES string of the molecule is C/C=C(\C=C/C(C)Nc1ccccc1)C(C)(C)C. The number of benzene rings is 1. The van der Waals surface area contributed by atoms with Crippen LogP contribution in [0.4, 0.5) is 5.69 Å². The van der Waals surface area contributed by atoms with Crippen molar-refractivity contribution in [1.29, 1.82) is 0 Å². The van der Waals surface area contributed by atoms with Crippen molar-refractivity contribution >= 4 is 5.69 Å². The van der Waals surface area contributed by atoms with Crippen molar-refractivity contribution in [1.82, 2.24) is 0 Å². The van der Waals surface area contributed by atoms with Gasteiger partial charge in [-0.15, -0.1) is 0 Å². The van der Waals surface area contributed by atoms with Crippen molar-refractivity contribution in [2.75, 3.05) is 5.32 Å². The molecule has 1 heteroatoms. The van der Waals surface area contributed by atoms with Gasteiger partial charge in [0.2, 0.25) is 0 Å². The van der Waals surface area contributed by atoms with Crippen LogP contribution < -0.4 is 5.32 Å². The van der Waals surface area contributed by atoms with Gasteiger partial charge in [0.05, 0.1) is 0 Å². The van der Waals surface area contributed by atoms with Gasteiger partial charge in [0.25, 0.3) is 0 Å². The fourth-order valence-corrected chi connectivity index (χ4v) is 1.87. The van der Waals surface area contributed by atoms with Crippen LogP contribution in [-0.4, -0.2) is 6.04 Å². The molecule has 0 bridgehead atoms. The Labute approximate surface area is 112 Å². The Morgan fingerprint density at radius 2 is 1.78 bits per heavy atom. The highest BCUT2D eigenvalue weighted by atomic mass is 14.9. The van der Waals surface area contributed by atoms with Gasteiger partial charge in [0.15, 0.2) is 0 Å². The maximum absolute atomic E-state index is 3.46. The van der Waals surface area contributed by atoms with E-state index in [1.54, 1.807) is 0 Å². The summed E-state index contributed by atoms with van der Waals surface area (Å²) in [5.41, 5.74) is 2.73. The monoisotopic (exact) mass is 243 g/mol. The molecule has 0 amide bonds. The molecule has 0 aliphatic rings. The molecule has 1 atom stereocenters. The van der Waals surface area contributed by atoms with E-state index in [1.807, 2.05) is 18.2 Å². The van der Waals surface area contributed by atoms with E-state index in [4.69, 9.17) is 0 Å². The van der Waals surface area contributed by atoms with Gasteiger partial charge in [-0.2, -0.15) is 0 Å². The molecule has 1 aromatic rings. The normalized spacial score (nSPS) is 14.8. The molecule has 0 radical (unpaired) electrons. The molecule has 1 nitrogen and oxygen atoms in total. The van der Waals surface area contributed by atoms with Gasteiger partial charge < -0.3 is 5.32 Å². The quantitative estimate of drug-likeness (QED) is 0.731. The highest BCUT2D eigenvalue weighted by Gasteiger charge is 2.13. The van der Waals surface area contributed by atoms with Gasteiger partial charge in [-0.05, 0) is 37.0 Å². The van der Waals surface area contributed by atoms with Crippen LogP contribution in [0.1, 0.15) is 34.6 Å². The topological polar surface area (TPSA) is 12.0 Å². The summed E-state index contributed by atoms with van der Waals surface area (Å²) < 4.78 is 0. The van der Waals surface area contributed by atoms with Crippen molar-refractivity contribution in [2.24, 2.45) is 5.41 Å². The Hall–Kier alpha value is -1.50. The Balaban J connectivity index is 2.62. The molecule has 0 heterocycles. The molecule has 1 unspecified atom stereocenters. The molecule has 0 fully saturated rings. The summed E-state index contributed by atoms with van der Waals surface area (Å²) in [6.45, 7) is 11.0. The Morgan fingerprint density at radius 3 is 2.28 bits per heavy atom. The molecule has 0 spiro atoms. The molecular formula is C17H25N. The average molecular weight is 243 g/mol. The predicted molar refractivity (Wildman–Crippen MR) is 81.9 cm³/mol. The van der Waals surface area contributed by atoms with E-state index in [1.165, 1.54) is 5.57 Å². The first-order valence-electron chi connectivity index (χ1n) is 6.60. The van der Waals surface area contributed by atoms with E-state index in [0.717, 1.165) is 5.69 Å². The van der Waals surface area contributed by atoms with Crippen LogP contribution >= 0.6 is 0 Å². The first kappa shape index (κ1) is 14.6. The van der Waals surface area contributed by atoms with E-state index in [2.05, 4.69) is 70.3 Å². The smallest absolute Gasteiger partial charge is 0.0419 e. The summed E-state index contributed by atoms with van der Waals surface area (Å²) in [5.74, 6) is 0. The molecule has 0 aliphatic heterocycles. The van der Waals surface area contributed by atoms with Gasteiger partial charge in [-0.25, -0.2) is 0 Å². The third kappa shape index (κ3) is 4.79. The summed E-state index contributed by atoms with van der Waals surface area (Å²) in [5, 5.41) is 3.46. The summed E-state index contributed by atoms with van der Waals surface area (Å²) in [7, 11) is 0. The molecule has 0 saturated carbocycles. The maximum Gasteiger partial charge on any atom is 0.0419 e. The lowest BCUT2D eigenvalue weighted by Gasteiger charge is -2.20.